The van der Waals surface area contributed by atoms with Crippen LogP contribution in [-0.2, 0) is 10.0 Å². The van der Waals surface area contributed by atoms with E-state index >= 15 is 0 Å². The second-order valence-electron chi connectivity index (χ2n) is 3.54. The SMILES string of the molecule is CCN(C1(CC)C=CC=N1)S(=O)(=O)CCCl. The predicted octanol–water partition coefficient (Wildman–Crippen LogP) is 1.62. The van der Waals surface area contributed by atoms with Crippen molar-refractivity contribution in [2.45, 2.75) is 25.9 Å². The average molecular weight is 265 g/mol. The molecule has 0 amide bonds. The first-order valence-electron chi connectivity index (χ1n) is 5.32. The van der Waals surface area contributed by atoms with E-state index in [1.54, 1.807) is 12.3 Å². The molecule has 0 aromatic carbocycles. The summed E-state index contributed by atoms with van der Waals surface area (Å²) >= 11 is 5.52. The second kappa shape index (κ2) is 5.29. The van der Waals surface area contributed by atoms with Crippen molar-refractivity contribution in [1.82, 2.24) is 4.31 Å². The maximum absolute atomic E-state index is 12.0. The molecule has 0 saturated heterocycles. The Balaban J connectivity index is 3.07. The van der Waals surface area contributed by atoms with Gasteiger partial charge in [-0.25, -0.2) is 8.42 Å². The lowest BCUT2D eigenvalue weighted by Crippen LogP contribution is -2.49. The van der Waals surface area contributed by atoms with E-state index in [1.165, 1.54) is 4.31 Å². The molecule has 1 aliphatic rings. The van der Waals surface area contributed by atoms with Gasteiger partial charge in [-0.1, -0.05) is 13.8 Å². The van der Waals surface area contributed by atoms with Gasteiger partial charge in [0.1, 0.15) is 5.66 Å². The molecule has 1 rings (SSSR count). The third-order valence-corrected chi connectivity index (χ3v) is 5.04. The molecule has 1 atom stereocenters. The summed E-state index contributed by atoms with van der Waals surface area (Å²) in [5.41, 5.74) is -0.736. The van der Waals surface area contributed by atoms with Crippen LogP contribution in [0.25, 0.3) is 0 Å². The first kappa shape index (κ1) is 13.7. The fourth-order valence-corrected chi connectivity index (χ4v) is 3.98. The molecule has 6 heteroatoms. The molecular weight excluding hydrogens is 248 g/mol. The van der Waals surface area contributed by atoms with Gasteiger partial charge in [-0.3, -0.25) is 4.99 Å². The molecule has 0 N–H and O–H groups in total. The Kier molecular flexibility index (Phi) is 4.52. The molecule has 0 saturated carbocycles. The van der Waals surface area contributed by atoms with Crippen molar-refractivity contribution in [3.8, 4) is 0 Å². The van der Waals surface area contributed by atoms with Crippen LogP contribution < -0.4 is 0 Å². The highest BCUT2D eigenvalue weighted by molar-refractivity contribution is 7.89. The Labute approximate surface area is 102 Å². The molecule has 0 radical (unpaired) electrons. The number of aliphatic imine (C=N–C) groups is 1. The number of alkyl halides is 1. The molecule has 0 spiro atoms. The highest BCUT2D eigenvalue weighted by Crippen LogP contribution is 2.29. The van der Waals surface area contributed by atoms with E-state index in [4.69, 9.17) is 11.6 Å². The van der Waals surface area contributed by atoms with E-state index in [0.29, 0.717) is 13.0 Å². The number of nitrogens with zero attached hydrogens (tertiary/aromatic N) is 2. The van der Waals surface area contributed by atoms with Crippen LogP contribution in [-0.4, -0.2) is 42.8 Å². The molecule has 0 aromatic heterocycles. The van der Waals surface area contributed by atoms with Gasteiger partial charge in [0.05, 0.1) is 5.75 Å². The summed E-state index contributed by atoms with van der Waals surface area (Å²) in [6, 6.07) is 0. The first-order chi connectivity index (χ1) is 7.52. The minimum Gasteiger partial charge on any atom is -0.265 e. The number of sulfonamides is 1. The van der Waals surface area contributed by atoms with Crippen LogP contribution >= 0.6 is 11.6 Å². The van der Waals surface area contributed by atoms with Gasteiger partial charge in [0.2, 0.25) is 10.0 Å². The van der Waals surface area contributed by atoms with Crippen LogP contribution in [0.2, 0.25) is 0 Å². The normalized spacial score (nSPS) is 24.5. The summed E-state index contributed by atoms with van der Waals surface area (Å²) in [6.07, 6.45) is 5.86. The number of halogens is 1. The summed E-state index contributed by atoms with van der Waals surface area (Å²) in [4.78, 5) is 4.27. The van der Waals surface area contributed by atoms with Crippen molar-refractivity contribution in [3.63, 3.8) is 0 Å². The fourth-order valence-electron chi connectivity index (χ4n) is 1.86. The smallest absolute Gasteiger partial charge is 0.217 e. The molecular formula is C10H17ClN2O2S. The minimum atomic E-state index is -3.34. The van der Waals surface area contributed by atoms with Gasteiger partial charge in [0.25, 0.3) is 0 Å². The summed E-state index contributed by atoms with van der Waals surface area (Å²) in [7, 11) is -3.34. The topological polar surface area (TPSA) is 49.7 Å². The highest BCUT2D eigenvalue weighted by Gasteiger charge is 2.39. The summed E-state index contributed by atoms with van der Waals surface area (Å²) in [5.74, 6) is 0.0551. The predicted molar refractivity (Wildman–Crippen MR) is 67.5 cm³/mol. The summed E-state index contributed by atoms with van der Waals surface area (Å²) in [6.45, 7) is 4.13. The quantitative estimate of drug-likeness (QED) is 0.685. The Bertz CT molecular complexity index is 378. The molecule has 0 bridgehead atoms. The largest absolute Gasteiger partial charge is 0.265 e. The molecule has 1 aliphatic heterocycles. The standard InChI is InChI=1S/C10H17ClN2O2S/c1-3-10(6-5-8-12-10)13(4-2)16(14,15)9-7-11/h5-6,8H,3-4,7,9H2,1-2H3. The van der Waals surface area contributed by atoms with Crippen molar-refractivity contribution < 1.29 is 8.42 Å². The van der Waals surface area contributed by atoms with Crippen LogP contribution in [0.15, 0.2) is 17.1 Å². The van der Waals surface area contributed by atoms with Gasteiger partial charge in [-0.05, 0) is 18.6 Å². The number of allylic oxidation sites excluding steroid dienone is 1. The van der Waals surface area contributed by atoms with Crippen LogP contribution in [0.5, 0.6) is 0 Å². The zero-order valence-corrected chi connectivity index (χ0v) is 11.1. The van der Waals surface area contributed by atoms with E-state index in [-0.39, 0.29) is 11.6 Å². The van der Waals surface area contributed by atoms with E-state index < -0.39 is 15.7 Å². The van der Waals surface area contributed by atoms with E-state index in [1.807, 2.05) is 19.9 Å². The molecule has 1 heterocycles. The third kappa shape index (κ3) is 2.47. The van der Waals surface area contributed by atoms with Crippen LogP contribution in [0, 0.1) is 0 Å². The number of rotatable bonds is 6. The van der Waals surface area contributed by atoms with Gasteiger partial charge >= 0.3 is 0 Å². The molecule has 4 nitrogen and oxygen atoms in total. The molecule has 0 aliphatic carbocycles. The molecule has 1 unspecified atom stereocenters. The zero-order chi connectivity index (χ0) is 12.2. The van der Waals surface area contributed by atoms with Crippen LogP contribution in [0.3, 0.4) is 0 Å². The summed E-state index contributed by atoms with van der Waals surface area (Å²) < 4.78 is 25.5. The van der Waals surface area contributed by atoms with Gasteiger partial charge < -0.3 is 0 Å². The maximum Gasteiger partial charge on any atom is 0.217 e. The molecule has 92 valence electrons. The van der Waals surface area contributed by atoms with E-state index in [9.17, 15) is 8.42 Å². The van der Waals surface area contributed by atoms with E-state index in [2.05, 4.69) is 4.99 Å². The van der Waals surface area contributed by atoms with Crippen molar-refractivity contribution in [2.75, 3.05) is 18.2 Å². The zero-order valence-electron chi connectivity index (χ0n) is 9.56. The van der Waals surface area contributed by atoms with E-state index in [0.717, 1.165) is 0 Å². The van der Waals surface area contributed by atoms with Crippen molar-refractivity contribution in [3.05, 3.63) is 12.2 Å². The lowest BCUT2D eigenvalue weighted by Gasteiger charge is -2.35. The molecule has 16 heavy (non-hydrogen) atoms. The Morgan fingerprint density at radius 2 is 2.12 bits per heavy atom. The van der Waals surface area contributed by atoms with Crippen molar-refractivity contribution >= 4 is 27.8 Å². The summed E-state index contributed by atoms with van der Waals surface area (Å²) in [5, 5.41) is 0. The Hall–Kier alpha value is -0.390. The minimum absolute atomic E-state index is 0.0481. The monoisotopic (exact) mass is 264 g/mol. The van der Waals surface area contributed by atoms with Gasteiger partial charge in [-0.15, -0.1) is 11.6 Å². The lowest BCUT2D eigenvalue weighted by molar-refractivity contribution is 0.255. The lowest BCUT2D eigenvalue weighted by atomic mass is 10.1. The average Bonchev–Trinajstić information content (AvgIpc) is 2.68. The number of likely N-dealkylation sites (N-methyl/N-ethyl adjacent to an activating group) is 1. The Morgan fingerprint density at radius 1 is 1.44 bits per heavy atom. The van der Waals surface area contributed by atoms with Gasteiger partial charge in [0.15, 0.2) is 0 Å². The highest BCUT2D eigenvalue weighted by atomic mass is 35.5. The fraction of sp³-hybridized carbons (Fsp3) is 0.700. The maximum atomic E-state index is 12.0. The van der Waals surface area contributed by atoms with Gasteiger partial charge in [0, 0.05) is 18.6 Å². The third-order valence-electron chi connectivity index (χ3n) is 2.66. The second-order valence-corrected chi connectivity index (χ2v) is 5.93. The molecule has 0 fully saturated rings. The Morgan fingerprint density at radius 3 is 2.50 bits per heavy atom. The first-order valence-corrected chi connectivity index (χ1v) is 7.46. The number of hydrogen-bond acceptors (Lipinski definition) is 3. The van der Waals surface area contributed by atoms with Crippen LogP contribution in [0.4, 0.5) is 0 Å². The number of hydrogen-bond donors (Lipinski definition) is 0. The van der Waals surface area contributed by atoms with Crippen molar-refractivity contribution in [2.24, 2.45) is 4.99 Å². The van der Waals surface area contributed by atoms with Crippen LogP contribution in [0.1, 0.15) is 20.3 Å². The van der Waals surface area contributed by atoms with Crippen molar-refractivity contribution in [1.29, 1.82) is 0 Å². The molecule has 0 aromatic rings. The van der Waals surface area contributed by atoms with Gasteiger partial charge in [-0.2, -0.15) is 4.31 Å².